The third-order valence-corrected chi connectivity index (χ3v) is 3.19. The minimum atomic E-state index is -0.282. The predicted molar refractivity (Wildman–Crippen MR) is 71.6 cm³/mol. The summed E-state index contributed by atoms with van der Waals surface area (Å²) < 4.78 is 20.3. The van der Waals surface area contributed by atoms with Gasteiger partial charge in [-0.25, -0.2) is 9.37 Å². The van der Waals surface area contributed by atoms with Crippen LogP contribution in [0.15, 0.2) is 16.7 Å². The van der Waals surface area contributed by atoms with Crippen LogP contribution < -0.4 is 5.73 Å². The van der Waals surface area contributed by atoms with E-state index < -0.39 is 0 Å². The minimum absolute atomic E-state index is 0.282. The molecular formula is C13H14FN5O. The van der Waals surface area contributed by atoms with E-state index in [2.05, 4.69) is 15.1 Å². The van der Waals surface area contributed by atoms with Crippen molar-refractivity contribution in [2.45, 2.75) is 26.8 Å². The van der Waals surface area contributed by atoms with Crippen LogP contribution in [0.1, 0.15) is 17.3 Å². The first-order valence-corrected chi connectivity index (χ1v) is 6.25. The van der Waals surface area contributed by atoms with E-state index >= 15 is 0 Å². The Morgan fingerprint density at radius 3 is 2.80 bits per heavy atom. The zero-order chi connectivity index (χ0) is 14.3. The maximum Gasteiger partial charge on any atom is 0.223 e. The molecule has 0 radical (unpaired) electrons. The molecule has 0 bridgehead atoms. The average molecular weight is 275 g/mol. The Kier molecular flexibility index (Phi) is 2.89. The molecule has 0 spiro atoms. The zero-order valence-electron chi connectivity index (χ0n) is 11.2. The van der Waals surface area contributed by atoms with E-state index in [4.69, 9.17) is 10.3 Å². The third kappa shape index (κ3) is 2.11. The number of imidazole rings is 1. The molecule has 7 heteroatoms. The first-order chi connectivity index (χ1) is 9.54. The van der Waals surface area contributed by atoms with E-state index in [-0.39, 0.29) is 5.82 Å². The van der Waals surface area contributed by atoms with Crippen molar-refractivity contribution in [2.24, 2.45) is 0 Å². The van der Waals surface area contributed by atoms with Gasteiger partial charge in [0.2, 0.25) is 11.8 Å². The molecule has 0 aliphatic rings. The topological polar surface area (TPSA) is 82.8 Å². The molecule has 20 heavy (non-hydrogen) atoms. The number of rotatable bonds is 3. The Morgan fingerprint density at radius 1 is 1.30 bits per heavy atom. The highest BCUT2D eigenvalue weighted by atomic mass is 19.1. The number of fused-ring (bicyclic) bond motifs is 1. The largest absolute Gasteiger partial charge is 0.369 e. The van der Waals surface area contributed by atoms with Gasteiger partial charge in [-0.15, -0.1) is 0 Å². The first kappa shape index (κ1) is 12.6. The summed E-state index contributed by atoms with van der Waals surface area (Å²) in [7, 11) is 0. The monoisotopic (exact) mass is 275 g/mol. The predicted octanol–water partition coefficient (Wildman–Crippen LogP) is 2.00. The maximum atomic E-state index is 13.5. The van der Waals surface area contributed by atoms with Crippen molar-refractivity contribution in [3.63, 3.8) is 0 Å². The minimum Gasteiger partial charge on any atom is -0.369 e. The normalized spacial score (nSPS) is 11.3. The molecule has 0 amide bonds. The van der Waals surface area contributed by atoms with Crippen LogP contribution in [0, 0.1) is 19.7 Å². The molecule has 2 N–H and O–H groups in total. The van der Waals surface area contributed by atoms with Crippen molar-refractivity contribution in [1.82, 2.24) is 19.7 Å². The molecule has 3 aromatic rings. The smallest absolute Gasteiger partial charge is 0.223 e. The highest BCUT2D eigenvalue weighted by Crippen LogP contribution is 2.21. The van der Waals surface area contributed by atoms with Gasteiger partial charge in [0.05, 0.1) is 11.0 Å². The summed E-state index contributed by atoms with van der Waals surface area (Å²) in [4.78, 5) is 8.31. The summed E-state index contributed by atoms with van der Waals surface area (Å²) in [6.07, 6.45) is 0.573. The van der Waals surface area contributed by atoms with Gasteiger partial charge in [0.15, 0.2) is 5.82 Å². The molecule has 3 rings (SSSR count). The summed E-state index contributed by atoms with van der Waals surface area (Å²) in [6, 6.07) is 3.14. The second-order valence-corrected chi connectivity index (χ2v) is 4.69. The average Bonchev–Trinajstić information content (AvgIpc) is 2.92. The molecule has 0 atom stereocenters. The highest BCUT2D eigenvalue weighted by Gasteiger charge is 2.12. The number of anilines is 1. The van der Waals surface area contributed by atoms with Crippen LogP contribution in [0.2, 0.25) is 0 Å². The van der Waals surface area contributed by atoms with E-state index in [1.807, 2.05) is 4.57 Å². The first-order valence-electron chi connectivity index (χ1n) is 6.25. The van der Waals surface area contributed by atoms with Crippen LogP contribution in [-0.4, -0.2) is 19.7 Å². The lowest BCUT2D eigenvalue weighted by Gasteiger charge is -2.05. The summed E-state index contributed by atoms with van der Waals surface area (Å²) >= 11 is 0. The van der Waals surface area contributed by atoms with Gasteiger partial charge in [-0.1, -0.05) is 5.16 Å². The Morgan fingerprint density at radius 2 is 2.10 bits per heavy atom. The van der Waals surface area contributed by atoms with E-state index in [1.165, 1.54) is 6.07 Å². The Labute approximate surface area is 114 Å². The van der Waals surface area contributed by atoms with Crippen LogP contribution in [0.4, 0.5) is 10.3 Å². The summed E-state index contributed by atoms with van der Waals surface area (Å²) in [5.74, 6) is 1.21. The van der Waals surface area contributed by atoms with Crippen molar-refractivity contribution < 1.29 is 8.91 Å². The number of nitrogen functional groups attached to an aromatic ring is 1. The lowest BCUT2D eigenvalue weighted by atomic mass is 10.2. The molecule has 2 heterocycles. The molecule has 0 saturated heterocycles. The van der Waals surface area contributed by atoms with Gasteiger partial charge in [0, 0.05) is 26.0 Å². The summed E-state index contributed by atoms with van der Waals surface area (Å²) in [6.45, 7) is 4.01. The van der Waals surface area contributed by atoms with Gasteiger partial charge in [-0.05, 0) is 18.6 Å². The Hall–Kier alpha value is -2.44. The van der Waals surface area contributed by atoms with Gasteiger partial charge in [0.25, 0.3) is 0 Å². The molecule has 1 aromatic carbocycles. The molecule has 0 fully saturated rings. The van der Waals surface area contributed by atoms with Crippen molar-refractivity contribution >= 4 is 17.0 Å². The van der Waals surface area contributed by atoms with Gasteiger partial charge < -0.3 is 14.8 Å². The maximum absolute atomic E-state index is 13.5. The lowest BCUT2D eigenvalue weighted by Crippen LogP contribution is -2.06. The van der Waals surface area contributed by atoms with Gasteiger partial charge >= 0.3 is 0 Å². The quantitative estimate of drug-likeness (QED) is 0.790. The second-order valence-electron chi connectivity index (χ2n) is 4.69. The molecule has 0 unspecified atom stereocenters. The van der Waals surface area contributed by atoms with E-state index in [1.54, 1.807) is 19.9 Å². The molecule has 104 valence electrons. The molecular weight excluding hydrogens is 261 g/mol. The SMILES string of the molecule is Cc1nc(CCn2c(N)nc3cc(F)c(C)cc32)no1. The Bertz CT molecular complexity index is 777. The third-order valence-electron chi connectivity index (χ3n) is 3.19. The molecule has 0 aliphatic heterocycles. The number of benzene rings is 1. The standard InChI is InChI=1S/C13H14FN5O/c1-7-5-11-10(6-9(7)14)17-13(15)19(11)4-3-12-16-8(2)20-18-12/h5-6H,3-4H2,1-2H3,(H2,15,17). The van der Waals surface area contributed by atoms with E-state index in [0.29, 0.717) is 41.7 Å². The van der Waals surface area contributed by atoms with Crippen molar-refractivity contribution in [2.75, 3.05) is 5.73 Å². The lowest BCUT2D eigenvalue weighted by molar-refractivity contribution is 0.386. The number of hydrogen-bond donors (Lipinski definition) is 1. The Balaban J connectivity index is 1.94. The second kappa shape index (κ2) is 4.59. The highest BCUT2D eigenvalue weighted by molar-refractivity contribution is 5.79. The molecule has 2 aromatic heterocycles. The van der Waals surface area contributed by atoms with Crippen LogP contribution in [0.3, 0.4) is 0 Å². The van der Waals surface area contributed by atoms with Crippen molar-refractivity contribution in [3.05, 3.63) is 35.2 Å². The zero-order valence-corrected chi connectivity index (χ0v) is 11.2. The van der Waals surface area contributed by atoms with Gasteiger partial charge in [0.1, 0.15) is 5.82 Å². The molecule has 6 nitrogen and oxygen atoms in total. The van der Waals surface area contributed by atoms with Crippen LogP contribution in [0.5, 0.6) is 0 Å². The van der Waals surface area contributed by atoms with Crippen molar-refractivity contribution in [3.8, 4) is 0 Å². The van der Waals surface area contributed by atoms with Gasteiger partial charge in [-0.3, -0.25) is 0 Å². The number of aromatic nitrogens is 4. The van der Waals surface area contributed by atoms with Gasteiger partial charge in [-0.2, -0.15) is 4.98 Å². The number of nitrogens with two attached hydrogens (primary N) is 1. The number of aryl methyl sites for hydroxylation is 4. The molecule has 0 saturated carbocycles. The fourth-order valence-electron chi connectivity index (χ4n) is 2.16. The number of nitrogens with zero attached hydrogens (tertiary/aromatic N) is 4. The molecule has 0 aliphatic carbocycles. The fraction of sp³-hybridized carbons (Fsp3) is 0.308. The van der Waals surface area contributed by atoms with Crippen LogP contribution >= 0.6 is 0 Å². The summed E-state index contributed by atoms with van der Waals surface area (Å²) in [5, 5.41) is 3.84. The fourth-order valence-corrected chi connectivity index (χ4v) is 2.16. The van der Waals surface area contributed by atoms with Crippen LogP contribution in [0.25, 0.3) is 11.0 Å². The van der Waals surface area contributed by atoms with E-state index in [0.717, 1.165) is 5.52 Å². The van der Waals surface area contributed by atoms with Crippen LogP contribution in [-0.2, 0) is 13.0 Å². The number of halogens is 1. The number of hydrogen-bond acceptors (Lipinski definition) is 5. The summed E-state index contributed by atoms with van der Waals surface area (Å²) in [5.41, 5.74) is 7.81. The van der Waals surface area contributed by atoms with E-state index in [9.17, 15) is 4.39 Å². The van der Waals surface area contributed by atoms with Crippen molar-refractivity contribution in [1.29, 1.82) is 0 Å².